The number of nitrogens with two attached hydrogens (primary N) is 1. The average molecular weight is 473 g/mol. The van der Waals surface area contributed by atoms with Gasteiger partial charge in [-0.3, -0.25) is 9.59 Å². The van der Waals surface area contributed by atoms with Gasteiger partial charge in [0, 0.05) is 42.5 Å². The second kappa shape index (κ2) is 8.64. The molecule has 1 saturated heterocycles. The van der Waals surface area contributed by atoms with Gasteiger partial charge in [0.15, 0.2) is 5.78 Å². The van der Waals surface area contributed by atoms with Crippen LogP contribution in [0.15, 0.2) is 48.5 Å². The number of carbonyl (C=O) groups excluding carboxylic acids is 2. The lowest BCUT2D eigenvalue weighted by Gasteiger charge is -2.23. The maximum absolute atomic E-state index is 13.7. The third-order valence-corrected chi connectivity index (χ3v) is 8.30. The van der Waals surface area contributed by atoms with Crippen LogP contribution in [0.5, 0.6) is 0 Å². The summed E-state index contributed by atoms with van der Waals surface area (Å²) in [5.41, 5.74) is 9.56. The quantitative estimate of drug-likeness (QED) is 0.552. The van der Waals surface area contributed by atoms with Crippen molar-refractivity contribution in [2.75, 3.05) is 29.4 Å². The summed E-state index contributed by atoms with van der Waals surface area (Å²) in [5, 5.41) is 0. The smallest absolute Gasteiger partial charge is 0.276 e. The predicted octanol–water partition coefficient (Wildman–Crippen LogP) is 4.53. The van der Waals surface area contributed by atoms with Gasteiger partial charge in [-0.05, 0) is 61.4 Å². The molecular formula is C27H28N4O2S. The lowest BCUT2D eigenvalue weighted by atomic mass is 10.1. The van der Waals surface area contributed by atoms with Gasteiger partial charge in [0.1, 0.15) is 11.5 Å². The van der Waals surface area contributed by atoms with E-state index in [1.54, 1.807) is 17.4 Å². The second-order valence-electron chi connectivity index (χ2n) is 9.64. The number of rotatable bonds is 5. The number of hydrogen-bond donors (Lipinski definition) is 1. The largest absolute Gasteiger partial charge is 0.355 e. The van der Waals surface area contributed by atoms with Crippen molar-refractivity contribution in [3.63, 3.8) is 0 Å². The minimum Gasteiger partial charge on any atom is -0.355 e. The Labute approximate surface area is 203 Å². The fraction of sp³-hybridized carbons (Fsp3) is 0.370. The van der Waals surface area contributed by atoms with Crippen molar-refractivity contribution in [2.24, 2.45) is 11.7 Å². The van der Waals surface area contributed by atoms with Crippen LogP contribution in [0, 0.1) is 5.92 Å². The Morgan fingerprint density at radius 3 is 2.71 bits per heavy atom. The van der Waals surface area contributed by atoms with Gasteiger partial charge >= 0.3 is 0 Å². The summed E-state index contributed by atoms with van der Waals surface area (Å²) in [6.07, 6.45) is 4.67. The molecule has 3 aliphatic rings. The van der Waals surface area contributed by atoms with E-state index < -0.39 is 0 Å². The Morgan fingerprint density at radius 2 is 1.91 bits per heavy atom. The van der Waals surface area contributed by atoms with Crippen LogP contribution in [0.3, 0.4) is 0 Å². The lowest BCUT2D eigenvalue weighted by molar-refractivity contribution is 0.0972. The van der Waals surface area contributed by atoms with Crippen LogP contribution in [0.4, 0.5) is 11.5 Å². The van der Waals surface area contributed by atoms with E-state index in [1.165, 1.54) is 12.8 Å². The van der Waals surface area contributed by atoms with Gasteiger partial charge in [-0.2, -0.15) is 0 Å². The first-order chi connectivity index (χ1) is 16.6. The van der Waals surface area contributed by atoms with Crippen LogP contribution >= 0.6 is 11.3 Å². The molecular weight excluding hydrogens is 444 g/mol. The molecule has 1 saturated carbocycles. The van der Waals surface area contributed by atoms with Crippen molar-refractivity contribution in [3.05, 3.63) is 64.7 Å². The molecule has 2 N–H and O–H groups in total. The van der Waals surface area contributed by atoms with Gasteiger partial charge in [0.25, 0.3) is 5.91 Å². The van der Waals surface area contributed by atoms with Crippen LogP contribution < -0.4 is 15.5 Å². The van der Waals surface area contributed by atoms with Crippen molar-refractivity contribution in [3.8, 4) is 10.4 Å². The van der Waals surface area contributed by atoms with Crippen LogP contribution in [-0.4, -0.2) is 42.4 Å². The summed E-state index contributed by atoms with van der Waals surface area (Å²) >= 11 is 1.58. The molecule has 34 heavy (non-hydrogen) atoms. The van der Waals surface area contributed by atoms with Gasteiger partial charge in [-0.25, -0.2) is 4.98 Å². The van der Waals surface area contributed by atoms with Gasteiger partial charge in [-0.1, -0.05) is 24.3 Å². The number of benzene rings is 1. The first kappa shape index (κ1) is 21.5. The molecule has 0 radical (unpaired) electrons. The number of aromatic nitrogens is 1. The van der Waals surface area contributed by atoms with Crippen molar-refractivity contribution in [2.45, 2.75) is 38.1 Å². The van der Waals surface area contributed by atoms with Crippen molar-refractivity contribution in [1.29, 1.82) is 0 Å². The highest BCUT2D eigenvalue weighted by Crippen LogP contribution is 2.43. The molecule has 2 aliphatic heterocycles. The van der Waals surface area contributed by atoms with E-state index in [2.05, 4.69) is 17.0 Å². The first-order valence-electron chi connectivity index (χ1n) is 12.1. The van der Waals surface area contributed by atoms with Gasteiger partial charge in [0.2, 0.25) is 0 Å². The van der Waals surface area contributed by atoms with Gasteiger partial charge < -0.3 is 15.5 Å². The maximum Gasteiger partial charge on any atom is 0.276 e. The average Bonchev–Trinajstić information content (AvgIpc) is 3.44. The van der Waals surface area contributed by atoms with E-state index >= 15 is 0 Å². The molecule has 1 aliphatic carbocycles. The molecule has 0 spiro atoms. The number of thiophene rings is 1. The molecule has 0 unspecified atom stereocenters. The first-order valence-corrected chi connectivity index (χ1v) is 12.9. The van der Waals surface area contributed by atoms with Crippen LogP contribution in [-0.2, 0) is 6.42 Å². The Morgan fingerprint density at radius 1 is 1.06 bits per heavy atom. The number of ketones is 1. The normalized spacial score (nSPS) is 19.5. The number of fused-ring (bicyclic) bond motifs is 3. The fourth-order valence-electron chi connectivity index (χ4n) is 4.98. The van der Waals surface area contributed by atoms with Gasteiger partial charge in [-0.15, -0.1) is 11.3 Å². The predicted molar refractivity (Wildman–Crippen MR) is 136 cm³/mol. The zero-order valence-corrected chi connectivity index (χ0v) is 19.9. The van der Waals surface area contributed by atoms with E-state index in [0.717, 1.165) is 51.9 Å². The Balaban J connectivity index is 1.31. The molecule has 2 aromatic heterocycles. The second-order valence-corrected chi connectivity index (χ2v) is 10.7. The van der Waals surface area contributed by atoms with Gasteiger partial charge in [0.05, 0.1) is 10.6 Å². The summed E-state index contributed by atoms with van der Waals surface area (Å²) < 4.78 is 0. The van der Waals surface area contributed by atoms with E-state index in [-0.39, 0.29) is 17.7 Å². The summed E-state index contributed by atoms with van der Waals surface area (Å²) in [6, 6.07) is 15.9. The number of carbonyl (C=O) groups is 2. The van der Waals surface area contributed by atoms with Crippen molar-refractivity contribution in [1.82, 2.24) is 4.98 Å². The summed E-state index contributed by atoms with van der Waals surface area (Å²) in [6.45, 7) is 2.18. The molecule has 6 rings (SSSR count). The summed E-state index contributed by atoms with van der Waals surface area (Å²) in [5.74, 6) is 1.54. The highest BCUT2D eigenvalue weighted by Gasteiger charge is 2.30. The van der Waals surface area contributed by atoms with Crippen LogP contribution in [0.2, 0.25) is 0 Å². The lowest BCUT2D eigenvalue weighted by Crippen LogP contribution is -2.33. The molecule has 0 bridgehead atoms. The summed E-state index contributed by atoms with van der Waals surface area (Å²) in [7, 11) is 0. The molecule has 174 valence electrons. The van der Waals surface area contributed by atoms with Crippen molar-refractivity contribution >= 4 is 34.5 Å². The maximum atomic E-state index is 13.7. The molecule has 1 aromatic carbocycles. The highest BCUT2D eigenvalue weighted by molar-refractivity contribution is 7.17. The molecule has 1 amide bonds. The Bertz CT molecular complexity index is 1270. The number of hydrogen-bond acceptors (Lipinski definition) is 6. The number of para-hydroxylation sites is 1. The highest BCUT2D eigenvalue weighted by atomic mass is 32.1. The van der Waals surface area contributed by atoms with Crippen LogP contribution in [0.25, 0.3) is 10.4 Å². The molecule has 4 heterocycles. The standard InChI is InChI=1S/C27H28N4O2S/c28-19-11-12-30(16-19)25-7-3-5-21(29-25)27(33)31-13-10-18-15-24(23(32)14-17-8-9-17)34-26(18)20-4-1-2-6-22(20)31/h1-7,15,17,19H,8-14,16,28H2/t19-/m0/s1. The minimum atomic E-state index is -0.0991. The molecule has 1 atom stereocenters. The number of Topliss-reactive ketones (excluding diaryl/α,β-unsaturated/α-hetero) is 1. The zero-order chi connectivity index (χ0) is 23.2. The topological polar surface area (TPSA) is 79.5 Å². The van der Waals surface area contributed by atoms with E-state index in [9.17, 15) is 9.59 Å². The SMILES string of the molecule is N[C@H]1CCN(c2cccc(C(=O)N3CCc4cc(C(=O)CC5CC5)sc4-c4ccccc43)n2)C1. The Kier molecular flexibility index (Phi) is 5.46. The van der Waals surface area contributed by atoms with E-state index in [0.29, 0.717) is 31.0 Å². The zero-order valence-electron chi connectivity index (χ0n) is 19.1. The third kappa shape index (κ3) is 4.03. The summed E-state index contributed by atoms with van der Waals surface area (Å²) in [4.78, 5) is 37.1. The van der Waals surface area contributed by atoms with E-state index in [1.807, 2.05) is 35.2 Å². The number of amides is 1. The number of pyridine rings is 1. The number of anilines is 2. The number of nitrogens with zero attached hydrogens (tertiary/aromatic N) is 3. The van der Waals surface area contributed by atoms with Crippen LogP contribution in [0.1, 0.15) is 51.4 Å². The monoisotopic (exact) mass is 472 g/mol. The molecule has 3 aromatic rings. The van der Waals surface area contributed by atoms with E-state index in [4.69, 9.17) is 10.7 Å². The third-order valence-electron chi connectivity index (χ3n) is 7.05. The fourth-order valence-corrected chi connectivity index (χ4v) is 6.17. The minimum absolute atomic E-state index is 0.0991. The molecule has 7 heteroatoms. The van der Waals surface area contributed by atoms with Crippen molar-refractivity contribution < 1.29 is 9.59 Å². The molecule has 2 fully saturated rings. The molecule has 6 nitrogen and oxygen atoms in total. The Hall–Kier alpha value is -3.03.